The average Bonchev–Trinajstić information content (AvgIpc) is 3.16. The van der Waals surface area contributed by atoms with Crippen molar-refractivity contribution in [3.63, 3.8) is 0 Å². The minimum Gasteiger partial charge on any atom is -0.485 e. The van der Waals surface area contributed by atoms with E-state index in [4.69, 9.17) is 14.2 Å². The summed E-state index contributed by atoms with van der Waals surface area (Å²) in [7, 11) is 0. The van der Waals surface area contributed by atoms with Crippen LogP contribution in [0.15, 0.2) is 48.5 Å². The molecule has 1 aliphatic rings. The Morgan fingerprint density at radius 1 is 1.09 bits per heavy atom. The van der Waals surface area contributed by atoms with Gasteiger partial charge in [0.05, 0.1) is 11.0 Å². The number of ether oxygens (including phenoxy) is 3. The number of benzene rings is 2. The predicted molar refractivity (Wildman–Crippen MR) is 105 cm³/mol. The van der Waals surface area contributed by atoms with Gasteiger partial charge in [-0.25, -0.2) is 4.98 Å². The Labute approximate surface area is 184 Å². The van der Waals surface area contributed by atoms with Crippen LogP contribution in [-0.4, -0.2) is 46.7 Å². The molecule has 172 valence electrons. The lowest BCUT2D eigenvalue weighted by Gasteiger charge is -2.25. The number of halogens is 3. The number of amides is 2. The fraction of sp³-hybridized carbons (Fsp3) is 0.238. The molecule has 0 spiro atoms. The summed E-state index contributed by atoms with van der Waals surface area (Å²) in [5.41, 5.74) is 0.133. The number of hydrogen-bond acceptors (Lipinski definition) is 7. The van der Waals surface area contributed by atoms with Crippen LogP contribution in [0.1, 0.15) is 5.82 Å². The number of nitrogens with zero attached hydrogens (tertiary/aromatic N) is 2. The van der Waals surface area contributed by atoms with Gasteiger partial charge in [0.2, 0.25) is 11.9 Å². The Balaban J connectivity index is 1.33. The molecule has 1 N–H and O–H groups in total. The van der Waals surface area contributed by atoms with E-state index in [0.29, 0.717) is 16.1 Å². The first kappa shape index (κ1) is 22.1. The summed E-state index contributed by atoms with van der Waals surface area (Å²) in [5, 5.41) is 2.00. The molecule has 2 heterocycles. The molecule has 1 atom stereocenters. The van der Waals surface area contributed by atoms with Gasteiger partial charge in [-0.1, -0.05) is 24.3 Å². The van der Waals surface area contributed by atoms with Crippen molar-refractivity contribution in [2.24, 2.45) is 0 Å². The third-order valence-electron chi connectivity index (χ3n) is 4.62. The molecule has 0 aliphatic carbocycles. The molecule has 1 unspecified atom stereocenters. The highest BCUT2D eigenvalue weighted by molar-refractivity contribution is 5.98. The van der Waals surface area contributed by atoms with Crippen LogP contribution in [0.3, 0.4) is 0 Å². The van der Waals surface area contributed by atoms with E-state index in [-0.39, 0.29) is 17.6 Å². The summed E-state index contributed by atoms with van der Waals surface area (Å²) in [6.45, 7) is -1.83. The van der Waals surface area contributed by atoms with E-state index in [1.54, 1.807) is 24.3 Å². The van der Waals surface area contributed by atoms with Gasteiger partial charge >= 0.3 is 12.1 Å². The van der Waals surface area contributed by atoms with Crippen molar-refractivity contribution in [3.8, 4) is 11.5 Å². The highest BCUT2D eigenvalue weighted by atomic mass is 19.4. The molecule has 33 heavy (non-hydrogen) atoms. The van der Waals surface area contributed by atoms with Gasteiger partial charge in [0.15, 0.2) is 18.1 Å². The molecule has 3 aromatic rings. The first-order valence-corrected chi connectivity index (χ1v) is 9.62. The molecule has 9 nitrogen and oxygen atoms in total. The van der Waals surface area contributed by atoms with E-state index in [2.05, 4.69) is 4.98 Å². The molecule has 0 bridgehead atoms. The third kappa shape index (κ3) is 4.89. The Kier molecular flexibility index (Phi) is 5.90. The number of alkyl halides is 3. The van der Waals surface area contributed by atoms with E-state index >= 15 is 0 Å². The van der Waals surface area contributed by atoms with E-state index in [1.807, 2.05) is 5.32 Å². The zero-order valence-corrected chi connectivity index (χ0v) is 16.8. The minimum absolute atomic E-state index is 0.0530. The summed E-state index contributed by atoms with van der Waals surface area (Å²) in [6.07, 6.45) is -5.91. The molecule has 0 radical (unpaired) electrons. The van der Waals surface area contributed by atoms with Crippen molar-refractivity contribution in [1.82, 2.24) is 14.9 Å². The average molecular weight is 463 g/mol. The van der Waals surface area contributed by atoms with Gasteiger partial charge < -0.3 is 18.8 Å². The number of hydrogen-bond donors (Lipinski definition) is 1. The lowest BCUT2D eigenvalue weighted by Crippen LogP contribution is -2.47. The van der Waals surface area contributed by atoms with Gasteiger partial charge in [-0.05, 0) is 24.3 Å². The first-order valence-electron chi connectivity index (χ1n) is 9.62. The quantitative estimate of drug-likeness (QED) is 0.577. The van der Waals surface area contributed by atoms with Crippen LogP contribution in [0.2, 0.25) is 0 Å². The molecule has 2 amide bonds. The van der Waals surface area contributed by atoms with Crippen LogP contribution >= 0.6 is 0 Å². The molecular weight excluding hydrogens is 447 g/mol. The SMILES string of the molecule is O=C(COC(=O)Cn1c(C(F)(F)F)nc2ccccc21)NC(=O)C1COc2ccccc2O1. The maximum Gasteiger partial charge on any atom is 0.449 e. The van der Waals surface area contributed by atoms with Crippen LogP contribution in [-0.2, 0) is 31.8 Å². The topological polar surface area (TPSA) is 109 Å². The molecule has 4 rings (SSSR count). The number of nitrogens with one attached hydrogen (secondary N) is 1. The Hall–Kier alpha value is -4.09. The molecular formula is C21H16F3N3O6. The van der Waals surface area contributed by atoms with Gasteiger partial charge in [-0.2, -0.15) is 13.2 Å². The molecule has 0 saturated heterocycles. The van der Waals surface area contributed by atoms with Crippen LogP contribution in [0.4, 0.5) is 13.2 Å². The van der Waals surface area contributed by atoms with Gasteiger partial charge in [-0.3, -0.25) is 19.7 Å². The number of para-hydroxylation sites is 4. The van der Waals surface area contributed by atoms with E-state index in [0.717, 1.165) is 0 Å². The second kappa shape index (κ2) is 8.81. The van der Waals surface area contributed by atoms with Crippen LogP contribution in [0, 0.1) is 0 Å². The first-order chi connectivity index (χ1) is 15.7. The Morgan fingerprint density at radius 2 is 1.79 bits per heavy atom. The lowest BCUT2D eigenvalue weighted by molar-refractivity contribution is -0.154. The minimum atomic E-state index is -4.80. The molecule has 0 fully saturated rings. The van der Waals surface area contributed by atoms with Gasteiger partial charge in [0.1, 0.15) is 13.2 Å². The third-order valence-corrected chi connectivity index (χ3v) is 4.62. The number of esters is 1. The Morgan fingerprint density at radius 3 is 2.55 bits per heavy atom. The number of imidazole rings is 1. The fourth-order valence-corrected chi connectivity index (χ4v) is 3.18. The lowest BCUT2D eigenvalue weighted by atomic mass is 10.2. The summed E-state index contributed by atoms with van der Waals surface area (Å²) in [4.78, 5) is 39.8. The zero-order valence-electron chi connectivity index (χ0n) is 16.8. The standard InChI is InChI=1S/C21H16F3N3O6/c22-21(23,24)20-25-12-5-1-2-6-13(12)27(20)9-18(29)32-11-17(28)26-19(30)16-10-31-14-7-3-4-8-15(14)33-16/h1-8,16H,9-11H2,(H,26,28,30). The second-order valence-corrected chi connectivity index (χ2v) is 6.95. The number of imide groups is 1. The normalized spacial score (nSPS) is 15.2. The zero-order chi connectivity index (χ0) is 23.6. The summed E-state index contributed by atoms with van der Waals surface area (Å²) in [5.74, 6) is -3.39. The van der Waals surface area contributed by atoms with Crippen LogP contribution in [0.5, 0.6) is 11.5 Å². The summed E-state index contributed by atoms with van der Waals surface area (Å²) in [6, 6.07) is 12.4. The Bertz CT molecular complexity index is 1220. The van der Waals surface area contributed by atoms with Crippen molar-refractivity contribution in [1.29, 1.82) is 0 Å². The maximum absolute atomic E-state index is 13.3. The van der Waals surface area contributed by atoms with Gasteiger partial charge in [0, 0.05) is 0 Å². The van der Waals surface area contributed by atoms with Crippen molar-refractivity contribution in [2.75, 3.05) is 13.2 Å². The summed E-state index contributed by atoms with van der Waals surface area (Å²) >= 11 is 0. The van der Waals surface area contributed by atoms with E-state index in [9.17, 15) is 27.6 Å². The fourth-order valence-electron chi connectivity index (χ4n) is 3.18. The smallest absolute Gasteiger partial charge is 0.449 e. The number of rotatable bonds is 5. The number of fused-ring (bicyclic) bond motifs is 2. The monoisotopic (exact) mass is 463 g/mol. The van der Waals surface area contributed by atoms with Crippen molar-refractivity contribution < 1.29 is 41.8 Å². The molecule has 2 aromatic carbocycles. The second-order valence-electron chi connectivity index (χ2n) is 6.95. The largest absolute Gasteiger partial charge is 0.485 e. The van der Waals surface area contributed by atoms with Crippen molar-refractivity contribution in [3.05, 3.63) is 54.4 Å². The highest BCUT2D eigenvalue weighted by Crippen LogP contribution is 2.32. The number of carbonyl (C=O) groups excluding carboxylic acids is 3. The number of carbonyl (C=O) groups is 3. The van der Waals surface area contributed by atoms with Crippen LogP contribution in [0.25, 0.3) is 11.0 Å². The number of aromatic nitrogens is 2. The summed E-state index contributed by atoms with van der Waals surface area (Å²) < 4.78 is 56.2. The van der Waals surface area contributed by atoms with E-state index < -0.39 is 49.0 Å². The maximum atomic E-state index is 13.3. The molecule has 12 heteroatoms. The van der Waals surface area contributed by atoms with Crippen molar-refractivity contribution in [2.45, 2.75) is 18.8 Å². The van der Waals surface area contributed by atoms with Gasteiger partial charge in [-0.15, -0.1) is 0 Å². The molecule has 0 saturated carbocycles. The molecule has 1 aliphatic heterocycles. The van der Waals surface area contributed by atoms with E-state index in [1.165, 1.54) is 24.3 Å². The van der Waals surface area contributed by atoms with Crippen molar-refractivity contribution >= 4 is 28.8 Å². The predicted octanol–water partition coefficient (Wildman–Crippen LogP) is 2.08. The van der Waals surface area contributed by atoms with Gasteiger partial charge in [0.25, 0.3) is 11.8 Å². The van der Waals surface area contributed by atoms with Crippen LogP contribution < -0.4 is 14.8 Å². The highest BCUT2D eigenvalue weighted by Gasteiger charge is 2.38. The molecule has 1 aromatic heterocycles.